The number of aliphatic hydroxyl groups is 1. The Morgan fingerprint density at radius 2 is 2.17 bits per heavy atom. The fourth-order valence-corrected chi connectivity index (χ4v) is 4.19. The summed E-state index contributed by atoms with van der Waals surface area (Å²) in [7, 11) is 1.61. The predicted molar refractivity (Wildman–Crippen MR) is 88.7 cm³/mol. The average Bonchev–Trinajstić information content (AvgIpc) is 3.09. The molecule has 1 heterocycles. The second kappa shape index (κ2) is 5.76. The van der Waals surface area contributed by atoms with E-state index in [-0.39, 0.29) is 23.5 Å². The number of carbonyl (C=O) groups excluding carboxylic acids is 2. The summed E-state index contributed by atoms with van der Waals surface area (Å²) < 4.78 is 0. The minimum absolute atomic E-state index is 0.135. The smallest absolute Gasteiger partial charge is 0.332 e. The molecule has 3 rings (SSSR count). The van der Waals surface area contributed by atoms with Crippen LogP contribution in [-0.4, -0.2) is 41.1 Å². The molecule has 2 atom stereocenters. The van der Waals surface area contributed by atoms with Crippen molar-refractivity contribution in [3.8, 4) is 6.07 Å². The molecule has 1 spiro atoms. The van der Waals surface area contributed by atoms with Crippen LogP contribution in [0.2, 0.25) is 5.02 Å². The minimum Gasteiger partial charge on any atom is -0.396 e. The lowest BCUT2D eigenvalue weighted by atomic mass is 9.86. The number of carbonyl (C=O) groups is 2. The Hall–Kier alpha value is -2.10. The van der Waals surface area contributed by atoms with Crippen molar-refractivity contribution < 1.29 is 14.7 Å². The number of aliphatic hydroxyl groups excluding tert-OH is 1. The van der Waals surface area contributed by atoms with Gasteiger partial charge in [-0.1, -0.05) is 18.0 Å². The molecule has 24 heavy (non-hydrogen) atoms. The molecule has 7 heteroatoms. The Labute approximate surface area is 145 Å². The van der Waals surface area contributed by atoms with Crippen LogP contribution in [0.3, 0.4) is 0 Å². The van der Waals surface area contributed by atoms with Crippen LogP contribution in [0.15, 0.2) is 12.1 Å². The molecule has 0 aromatic heterocycles. The van der Waals surface area contributed by atoms with E-state index in [0.717, 1.165) is 11.3 Å². The maximum absolute atomic E-state index is 13.2. The van der Waals surface area contributed by atoms with Crippen molar-refractivity contribution in [2.45, 2.75) is 31.7 Å². The molecule has 1 aliphatic carbocycles. The van der Waals surface area contributed by atoms with Crippen LogP contribution in [0.25, 0.3) is 0 Å². The second-order valence-corrected chi connectivity index (χ2v) is 6.74. The number of halogens is 1. The highest BCUT2D eigenvalue weighted by atomic mass is 35.5. The molecular weight excluding hydrogens is 330 g/mol. The molecule has 1 saturated carbocycles. The highest BCUT2D eigenvalue weighted by molar-refractivity contribution is 6.33. The summed E-state index contributed by atoms with van der Waals surface area (Å²) in [6.07, 6.45) is 2.04. The molecule has 2 unspecified atom stereocenters. The summed E-state index contributed by atoms with van der Waals surface area (Å²) in [5.74, 6) is -0.589. The van der Waals surface area contributed by atoms with E-state index in [1.165, 1.54) is 11.0 Å². The summed E-state index contributed by atoms with van der Waals surface area (Å²) in [6, 6.07) is 4.64. The van der Waals surface area contributed by atoms with E-state index >= 15 is 0 Å². The van der Waals surface area contributed by atoms with Gasteiger partial charge in [-0.25, -0.2) is 9.69 Å². The fraction of sp³-hybridized carbons (Fsp3) is 0.471. The normalized spacial score (nSPS) is 26.5. The molecule has 126 valence electrons. The van der Waals surface area contributed by atoms with Crippen LogP contribution < -0.4 is 4.90 Å². The van der Waals surface area contributed by atoms with Crippen LogP contribution in [0.1, 0.15) is 30.4 Å². The van der Waals surface area contributed by atoms with Gasteiger partial charge in [0, 0.05) is 19.6 Å². The lowest BCUT2D eigenvalue weighted by Gasteiger charge is -2.33. The van der Waals surface area contributed by atoms with Gasteiger partial charge >= 0.3 is 6.03 Å². The summed E-state index contributed by atoms with van der Waals surface area (Å²) in [4.78, 5) is 28.6. The van der Waals surface area contributed by atoms with E-state index in [1.807, 2.05) is 6.07 Å². The third kappa shape index (κ3) is 1.98. The Balaban J connectivity index is 2.11. The zero-order chi connectivity index (χ0) is 17.6. The first-order valence-electron chi connectivity index (χ1n) is 7.82. The van der Waals surface area contributed by atoms with E-state index < -0.39 is 11.6 Å². The first-order valence-corrected chi connectivity index (χ1v) is 8.20. The first-order chi connectivity index (χ1) is 11.4. The lowest BCUT2D eigenvalue weighted by molar-refractivity contribution is -0.127. The van der Waals surface area contributed by atoms with Gasteiger partial charge in [0.2, 0.25) is 0 Å². The Morgan fingerprint density at radius 1 is 1.46 bits per heavy atom. The van der Waals surface area contributed by atoms with Crippen molar-refractivity contribution in [1.82, 2.24) is 4.90 Å². The molecule has 2 fully saturated rings. The van der Waals surface area contributed by atoms with Gasteiger partial charge in [-0.05, 0) is 37.5 Å². The summed E-state index contributed by atoms with van der Waals surface area (Å²) in [5, 5.41) is 19.0. The number of amides is 3. The van der Waals surface area contributed by atoms with Crippen molar-refractivity contribution in [2.75, 3.05) is 18.6 Å². The topological polar surface area (TPSA) is 84.6 Å². The Morgan fingerprint density at radius 3 is 2.79 bits per heavy atom. The molecule has 1 saturated heterocycles. The van der Waals surface area contributed by atoms with Crippen molar-refractivity contribution in [3.63, 3.8) is 0 Å². The molecule has 1 aliphatic heterocycles. The van der Waals surface area contributed by atoms with Crippen LogP contribution in [0, 0.1) is 24.2 Å². The zero-order valence-electron chi connectivity index (χ0n) is 13.5. The number of benzene rings is 1. The molecule has 1 aromatic carbocycles. The molecule has 0 bridgehead atoms. The predicted octanol–water partition coefficient (Wildman–Crippen LogP) is 2.45. The quantitative estimate of drug-likeness (QED) is 0.833. The monoisotopic (exact) mass is 347 g/mol. The minimum atomic E-state index is -0.987. The van der Waals surface area contributed by atoms with Crippen molar-refractivity contribution in [1.29, 1.82) is 5.26 Å². The number of hydrogen-bond donors (Lipinski definition) is 1. The molecule has 1 N–H and O–H groups in total. The van der Waals surface area contributed by atoms with Gasteiger partial charge in [0.05, 0.1) is 16.3 Å². The van der Waals surface area contributed by atoms with Crippen LogP contribution in [0.4, 0.5) is 10.5 Å². The third-order valence-corrected chi connectivity index (χ3v) is 5.86. The zero-order valence-corrected chi connectivity index (χ0v) is 14.3. The van der Waals surface area contributed by atoms with Gasteiger partial charge in [0.1, 0.15) is 11.6 Å². The number of likely N-dealkylation sites (N-methyl/N-ethyl adjacent to an activating group) is 1. The van der Waals surface area contributed by atoms with Gasteiger partial charge in [0.15, 0.2) is 0 Å². The first kappa shape index (κ1) is 16.7. The summed E-state index contributed by atoms with van der Waals surface area (Å²) in [6.45, 7) is 1.55. The van der Waals surface area contributed by atoms with Gasteiger partial charge in [-0.3, -0.25) is 4.79 Å². The van der Waals surface area contributed by atoms with E-state index in [9.17, 15) is 14.7 Å². The number of urea groups is 1. The van der Waals surface area contributed by atoms with E-state index in [4.69, 9.17) is 16.9 Å². The van der Waals surface area contributed by atoms with Crippen LogP contribution in [-0.2, 0) is 4.79 Å². The highest BCUT2D eigenvalue weighted by Gasteiger charge is 2.61. The van der Waals surface area contributed by atoms with E-state index in [0.29, 0.717) is 29.7 Å². The second-order valence-electron chi connectivity index (χ2n) is 6.36. The van der Waals surface area contributed by atoms with E-state index in [1.54, 1.807) is 20.0 Å². The van der Waals surface area contributed by atoms with Crippen molar-refractivity contribution in [2.24, 2.45) is 5.92 Å². The lowest BCUT2D eigenvalue weighted by Crippen LogP contribution is -2.52. The number of rotatable bonds is 2. The number of imide groups is 1. The third-order valence-electron chi connectivity index (χ3n) is 5.38. The molecular formula is C17H18ClN3O3. The molecule has 6 nitrogen and oxygen atoms in total. The SMILES string of the molecule is Cc1c(N2C(=O)N(C)C3(CCCC3CO)C2=O)ccc(C#N)c1Cl. The highest BCUT2D eigenvalue weighted by Crippen LogP contribution is 2.47. The standard InChI is InChI=1S/C17H18ClN3O3/c1-10-13(6-5-11(8-19)14(10)18)21-15(23)17(20(2)16(21)24)7-3-4-12(17)9-22/h5-6,12,22H,3-4,7,9H2,1-2H3. The number of nitriles is 1. The van der Waals surface area contributed by atoms with Gasteiger partial charge in [-0.2, -0.15) is 5.26 Å². The maximum atomic E-state index is 13.2. The number of nitrogens with zero attached hydrogens (tertiary/aromatic N) is 3. The molecule has 3 amide bonds. The fourth-order valence-electron chi connectivity index (χ4n) is 3.99. The summed E-state index contributed by atoms with van der Waals surface area (Å²) in [5.41, 5.74) is 0.218. The Bertz CT molecular complexity index is 773. The maximum Gasteiger partial charge on any atom is 0.332 e. The van der Waals surface area contributed by atoms with Crippen LogP contribution >= 0.6 is 11.6 Å². The Kier molecular flexibility index (Phi) is 4.02. The number of hydrogen-bond acceptors (Lipinski definition) is 4. The molecule has 0 radical (unpaired) electrons. The van der Waals surface area contributed by atoms with Gasteiger partial charge in [0.25, 0.3) is 5.91 Å². The molecule has 2 aliphatic rings. The van der Waals surface area contributed by atoms with E-state index in [2.05, 4.69) is 0 Å². The molecule has 1 aromatic rings. The van der Waals surface area contributed by atoms with Crippen LogP contribution in [0.5, 0.6) is 0 Å². The van der Waals surface area contributed by atoms with Gasteiger partial charge in [-0.15, -0.1) is 0 Å². The van der Waals surface area contributed by atoms with Crippen molar-refractivity contribution in [3.05, 3.63) is 28.3 Å². The average molecular weight is 348 g/mol. The largest absolute Gasteiger partial charge is 0.396 e. The van der Waals surface area contributed by atoms with Gasteiger partial charge < -0.3 is 10.0 Å². The van der Waals surface area contributed by atoms with Crippen molar-refractivity contribution >= 4 is 29.2 Å². The summed E-state index contributed by atoms with van der Waals surface area (Å²) >= 11 is 6.19. The number of anilines is 1.